The quantitative estimate of drug-likeness (QED) is 0.490. The van der Waals surface area contributed by atoms with E-state index in [-0.39, 0.29) is 0 Å². The number of nitrogens with zero attached hydrogens (tertiary/aromatic N) is 1. The lowest BCUT2D eigenvalue weighted by Crippen LogP contribution is -2.25. The fraction of sp³-hybridized carbons (Fsp3) is 0.778. The fourth-order valence-electron chi connectivity index (χ4n) is 2.87. The first-order valence-electron chi connectivity index (χ1n) is 4.42. The van der Waals surface area contributed by atoms with Crippen molar-refractivity contribution in [3.8, 4) is 0 Å². The van der Waals surface area contributed by atoms with Crippen molar-refractivity contribution < 1.29 is 0 Å². The van der Waals surface area contributed by atoms with Crippen LogP contribution in [0.4, 0.5) is 0 Å². The molecule has 1 nitrogen and oxygen atoms in total. The molecule has 2 atom stereocenters. The summed E-state index contributed by atoms with van der Waals surface area (Å²) < 4.78 is 0. The molecule has 3 aliphatic rings. The second-order valence-corrected chi connectivity index (χ2v) is 3.76. The van der Waals surface area contributed by atoms with E-state index in [1.54, 1.807) is 5.70 Å². The van der Waals surface area contributed by atoms with Crippen LogP contribution in [0.5, 0.6) is 0 Å². The van der Waals surface area contributed by atoms with E-state index < -0.39 is 0 Å². The van der Waals surface area contributed by atoms with Crippen LogP contribution in [0.25, 0.3) is 0 Å². The molecule has 0 radical (unpaired) electrons. The Kier molecular flexibility index (Phi) is 0.825. The first-order chi connectivity index (χ1) is 4.95. The Balaban J connectivity index is 2.03. The van der Waals surface area contributed by atoms with Gasteiger partial charge >= 0.3 is 0 Å². The summed E-state index contributed by atoms with van der Waals surface area (Å²) in [4.78, 5) is 2.69. The van der Waals surface area contributed by atoms with E-state index in [0.717, 1.165) is 12.1 Å². The van der Waals surface area contributed by atoms with Gasteiger partial charge in [-0.1, -0.05) is 6.08 Å². The van der Waals surface area contributed by atoms with Gasteiger partial charge in [-0.05, 0) is 32.1 Å². The van der Waals surface area contributed by atoms with Crippen LogP contribution in [0.3, 0.4) is 0 Å². The molecular formula is C9H13N. The molecule has 3 aliphatic heterocycles. The number of hydrogen-bond acceptors (Lipinski definition) is 1. The van der Waals surface area contributed by atoms with Crippen LogP contribution >= 0.6 is 0 Å². The third kappa shape index (κ3) is 0.458. The zero-order valence-electron chi connectivity index (χ0n) is 6.21. The molecular weight excluding hydrogens is 122 g/mol. The molecule has 0 aromatic rings. The highest BCUT2D eigenvalue weighted by molar-refractivity contribution is 5.20. The van der Waals surface area contributed by atoms with E-state index in [1.807, 2.05) is 0 Å². The predicted molar refractivity (Wildman–Crippen MR) is 40.6 cm³/mol. The summed E-state index contributed by atoms with van der Waals surface area (Å²) in [7, 11) is 0. The maximum Gasteiger partial charge on any atom is 0.0325 e. The third-order valence-corrected chi connectivity index (χ3v) is 3.31. The topological polar surface area (TPSA) is 3.24 Å². The minimum Gasteiger partial charge on any atom is -0.369 e. The van der Waals surface area contributed by atoms with Gasteiger partial charge in [0.2, 0.25) is 0 Å². The maximum absolute atomic E-state index is 2.69. The van der Waals surface area contributed by atoms with E-state index in [4.69, 9.17) is 0 Å². The molecule has 0 aromatic heterocycles. The fourth-order valence-corrected chi connectivity index (χ4v) is 2.87. The molecule has 0 aromatic carbocycles. The van der Waals surface area contributed by atoms with E-state index in [2.05, 4.69) is 11.0 Å². The number of rotatable bonds is 0. The van der Waals surface area contributed by atoms with Crippen LogP contribution < -0.4 is 0 Å². The average Bonchev–Trinajstić information content (AvgIpc) is 2.56. The first-order valence-corrected chi connectivity index (χ1v) is 4.42. The van der Waals surface area contributed by atoms with Gasteiger partial charge in [-0.25, -0.2) is 0 Å². The second-order valence-electron chi connectivity index (χ2n) is 3.76. The Morgan fingerprint density at radius 3 is 3.10 bits per heavy atom. The molecule has 3 heterocycles. The van der Waals surface area contributed by atoms with Crippen molar-refractivity contribution in [2.75, 3.05) is 0 Å². The summed E-state index contributed by atoms with van der Waals surface area (Å²) in [6.45, 7) is 0. The average molecular weight is 135 g/mol. The Labute approximate surface area is 61.7 Å². The molecule has 1 heteroatoms. The van der Waals surface area contributed by atoms with Crippen LogP contribution in [0, 0.1) is 0 Å². The van der Waals surface area contributed by atoms with Crippen molar-refractivity contribution in [1.29, 1.82) is 0 Å². The van der Waals surface area contributed by atoms with Gasteiger partial charge in [0.1, 0.15) is 0 Å². The van der Waals surface area contributed by atoms with Crippen molar-refractivity contribution in [3.05, 3.63) is 11.8 Å². The molecule has 0 saturated carbocycles. The van der Waals surface area contributed by atoms with E-state index in [9.17, 15) is 0 Å². The summed E-state index contributed by atoms with van der Waals surface area (Å²) in [6, 6.07) is 1.89. The van der Waals surface area contributed by atoms with Crippen molar-refractivity contribution in [3.63, 3.8) is 0 Å². The van der Waals surface area contributed by atoms with Gasteiger partial charge in [0.25, 0.3) is 0 Å². The lowest BCUT2D eigenvalue weighted by Gasteiger charge is -2.20. The number of allylic oxidation sites excluding steroid dienone is 1. The van der Waals surface area contributed by atoms with Crippen molar-refractivity contribution in [1.82, 2.24) is 4.90 Å². The Morgan fingerprint density at radius 2 is 2.10 bits per heavy atom. The standard InChI is InChI=1S/C9H13N/c1-2-8-5-6-9-4-3-7(1)10(8)9/h1,8-9H,2-6H2/t8-,9-/m1/s1. The van der Waals surface area contributed by atoms with Crippen LogP contribution in [0.2, 0.25) is 0 Å². The summed E-state index contributed by atoms with van der Waals surface area (Å²) in [5, 5.41) is 0. The first kappa shape index (κ1) is 5.22. The molecule has 0 aliphatic carbocycles. The maximum atomic E-state index is 2.69. The monoisotopic (exact) mass is 135 g/mol. The lowest BCUT2D eigenvalue weighted by molar-refractivity contribution is 0.313. The van der Waals surface area contributed by atoms with E-state index in [1.165, 1.54) is 32.1 Å². The molecule has 2 fully saturated rings. The molecule has 3 rings (SSSR count). The zero-order chi connectivity index (χ0) is 6.55. The molecule has 54 valence electrons. The third-order valence-electron chi connectivity index (χ3n) is 3.31. The zero-order valence-corrected chi connectivity index (χ0v) is 6.21. The van der Waals surface area contributed by atoms with Gasteiger partial charge in [-0.2, -0.15) is 0 Å². The van der Waals surface area contributed by atoms with Crippen LogP contribution in [0.1, 0.15) is 32.1 Å². The Morgan fingerprint density at radius 1 is 1.20 bits per heavy atom. The van der Waals surface area contributed by atoms with Crippen LogP contribution in [-0.2, 0) is 0 Å². The van der Waals surface area contributed by atoms with Crippen LogP contribution in [0.15, 0.2) is 11.8 Å². The molecule has 0 unspecified atom stereocenters. The van der Waals surface area contributed by atoms with E-state index in [0.29, 0.717) is 0 Å². The summed E-state index contributed by atoms with van der Waals surface area (Å²) in [6.07, 6.45) is 9.58. The minimum atomic E-state index is 0.933. The Bertz CT molecular complexity index is 195. The van der Waals surface area contributed by atoms with Gasteiger partial charge in [0, 0.05) is 17.8 Å². The second kappa shape index (κ2) is 1.58. The molecule has 0 amide bonds. The summed E-state index contributed by atoms with van der Waals surface area (Å²) in [5.41, 5.74) is 1.67. The normalized spacial score (nSPS) is 42.4. The summed E-state index contributed by atoms with van der Waals surface area (Å²) >= 11 is 0. The summed E-state index contributed by atoms with van der Waals surface area (Å²) in [5.74, 6) is 0. The molecule has 2 saturated heterocycles. The Hall–Kier alpha value is -0.460. The highest BCUT2D eigenvalue weighted by Crippen LogP contribution is 2.44. The largest absolute Gasteiger partial charge is 0.369 e. The highest BCUT2D eigenvalue weighted by atomic mass is 15.3. The van der Waals surface area contributed by atoms with Gasteiger partial charge in [0.05, 0.1) is 0 Å². The van der Waals surface area contributed by atoms with Gasteiger partial charge < -0.3 is 4.90 Å². The molecule has 10 heavy (non-hydrogen) atoms. The lowest BCUT2D eigenvalue weighted by atomic mass is 10.1. The molecule has 0 N–H and O–H groups in total. The minimum absolute atomic E-state index is 0.933. The van der Waals surface area contributed by atoms with Gasteiger partial charge in [0.15, 0.2) is 0 Å². The van der Waals surface area contributed by atoms with Crippen molar-refractivity contribution >= 4 is 0 Å². The van der Waals surface area contributed by atoms with Gasteiger partial charge in [-0.3, -0.25) is 0 Å². The smallest absolute Gasteiger partial charge is 0.0325 e. The number of hydrogen-bond donors (Lipinski definition) is 0. The predicted octanol–water partition coefficient (Wildman–Crippen LogP) is 1.90. The van der Waals surface area contributed by atoms with Crippen LogP contribution in [-0.4, -0.2) is 17.0 Å². The molecule has 0 spiro atoms. The van der Waals surface area contributed by atoms with Crippen molar-refractivity contribution in [2.24, 2.45) is 0 Å². The van der Waals surface area contributed by atoms with Gasteiger partial charge in [-0.15, -0.1) is 0 Å². The SMILES string of the molecule is C1=C2CC[C@@H]3CC[C@@H](C1)N23. The molecule has 0 bridgehead atoms. The van der Waals surface area contributed by atoms with Crippen molar-refractivity contribution in [2.45, 2.75) is 44.2 Å². The highest BCUT2D eigenvalue weighted by Gasteiger charge is 2.41. The van der Waals surface area contributed by atoms with E-state index >= 15 is 0 Å².